The van der Waals surface area contributed by atoms with Gasteiger partial charge in [-0.05, 0) is 40.2 Å². The minimum absolute atomic E-state index is 0.599. The van der Waals surface area contributed by atoms with Crippen molar-refractivity contribution in [3.8, 4) is 23.0 Å². The molecule has 1 heterocycles. The lowest BCUT2D eigenvalue weighted by Crippen LogP contribution is -1.99. The number of hydrogen-bond acceptors (Lipinski definition) is 2. The van der Waals surface area contributed by atoms with Gasteiger partial charge in [0, 0.05) is 0 Å². The first-order valence-corrected chi connectivity index (χ1v) is 5.85. The van der Waals surface area contributed by atoms with E-state index in [1.807, 2.05) is 24.3 Å². The van der Waals surface area contributed by atoms with Crippen molar-refractivity contribution in [3.63, 3.8) is 0 Å². The first-order valence-electron chi connectivity index (χ1n) is 4.68. The van der Waals surface area contributed by atoms with Gasteiger partial charge in [-0.1, -0.05) is 23.7 Å². The largest absolute Gasteiger partial charge is 0.449 e. The van der Waals surface area contributed by atoms with Crippen LogP contribution in [0.15, 0.2) is 40.9 Å². The molecule has 0 saturated heterocycles. The van der Waals surface area contributed by atoms with Gasteiger partial charge in [0.05, 0.1) is 9.50 Å². The number of fused-ring (bicyclic) bond motifs is 2. The highest BCUT2D eigenvalue weighted by Gasteiger charge is 2.21. The summed E-state index contributed by atoms with van der Waals surface area (Å²) in [6, 6.07) is 11.1. The van der Waals surface area contributed by atoms with Crippen LogP contribution in [-0.4, -0.2) is 0 Å². The molecule has 0 unspecified atom stereocenters. The molecule has 1 aliphatic heterocycles. The maximum atomic E-state index is 5.99. The summed E-state index contributed by atoms with van der Waals surface area (Å²) < 4.78 is 12.1. The van der Waals surface area contributed by atoms with Crippen LogP contribution in [0, 0.1) is 0 Å². The maximum absolute atomic E-state index is 5.99. The molecule has 0 fully saturated rings. The van der Waals surface area contributed by atoms with Crippen molar-refractivity contribution in [3.05, 3.63) is 45.9 Å². The first-order chi connectivity index (χ1) is 7.75. The molecule has 0 radical (unpaired) electrons. The van der Waals surface area contributed by atoms with Gasteiger partial charge in [0.25, 0.3) is 0 Å². The molecule has 0 bridgehead atoms. The summed E-state index contributed by atoms with van der Waals surface area (Å²) in [5, 5.41) is 0.599. The topological polar surface area (TPSA) is 18.5 Å². The second-order valence-electron chi connectivity index (χ2n) is 3.34. The van der Waals surface area contributed by atoms with Crippen molar-refractivity contribution >= 4 is 27.5 Å². The van der Waals surface area contributed by atoms with E-state index in [0.29, 0.717) is 32.5 Å². The number of ether oxygens (including phenoxy) is 2. The van der Waals surface area contributed by atoms with E-state index < -0.39 is 0 Å². The molecule has 0 spiro atoms. The molecule has 0 atom stereocenters. The number of rotatable bonds is 0. The van der Waals surface area contributed by atoms with Gasteiger partial charge in [-0.15, -0.1) is 0 Å². The van der Waals surface area contributed by atoms with E-state index in [0.717, 1.165) is 0 Å². The highest BCUT2D eigenvalue weighted by atomic mass is 79.9. The smallest absolute Gasteiger partial charge is 0.185 e. The Morgan fingerprint density at radius 2 is 1.56 bits per heavy atom. The predicted molar refractivity (Wildman–Crippen MR) is 65.7 cm³/mol. The average Bonchev–Trinajstić information content (AvgIpc) is 2.32. The third kappa shape index (κ3) is 1.47. The summed E-state index contributed by atoms with van der Waals surface area (Å²) in [7, 11) is 0. The van der Waals surface area contributed by atoms with E-state index in [9.17, 15) is 0 Å². The highest BCUT2D eigenvalue weighted by molar-refractivity contribution is 9.10. The summed E-state index contributed by atoms with van der Waals surface area (Å²) in [5.74, 6) is 2.68. The molecule has 4 heteroatoms. The maximum Gasteiger partial charge on any atom is 0.185 e. The van der Waals surface area contributed by atoms with Gasteiger partial charge in [-0.2, -0.15) is 0 Å². The Balaban J connectivity index is 2.16. The summed E-state index contributed by atoms with van der Waals surface area (Å²) in [4.78, 5) is 0. The van der Waals surface area contributed by atoms with Gasteiger partial charge in [0.2, 0.25) is 0 Å². The quantitative estimate of drug-likeness (QED) is 0.581. The van der Waals surface area contributed by atoms with Crippen molar-refractivity contribution in [1.29, 1.82) is 0 Å². The van der Waals surface area contributed by atoms with Crippen LogP contribution in [-0.2, 0) is 0 Å². The summed E-state index contributed by atoms with van der Waals surface area (Å²) in [6.07, 6.45) is 0. The molecule has 1 aliphatic rings. The van der Waals surface area contributed by atoms with Crippen molar-refractivity contribution in [2.45, 2.75) is 0 Å². The molecule has 2 nitrogen and oxygen atoms in total. The lowest BCUT2D eigenvalue weighted by molar-refractivity contribution is 0.358. The summed E-state index contributed by atoms with van der Waals surface area (Å²) >= 11 is 9.37. The number of halogens is 2. The normalized spacial score (nSPS) is 12.1. The van der Waals surface area contributed by atoms with Crippen LogP contribution in [0.1, 0.15) is 0 Å². The third-order valence-corrected chi connectivity index (χ3v) is 3.63. The van der Waals surface area contributed by atoms with Crippen molar-refractivity contribution in [2.75, 3.05) is 0 Å². The number of hydrogen-bond donors (Lipinski definition) is 0. The molecule has 80 valence electrons. The first kappa shape index (κ1) is 10.00. The summed E-state index contributed by atoms with van der Waals surface area (Å²) in [5.41, 5.74) is 0. The van der Waals surface area contributed by atoms with Gasteiger partial charge in [0.15, 0.2) is 23.0 Å². The minimum atomic E-state index is 0.599. The van der Waals surface area contributed by atoms with Gasteiger partial charge in [-0.3, -0.25) is 0 Å². The van der Waals surface area contributed by atoms with E-state index >= 15 is 0 Å². The average molecular weight is 298 g/mol. The zero-order valence-electron chi connectivity index (χ0n) is 8.04. The fraction of sp³-hybridized carbons (Fsp3) is 0. The Hall–Kier alpha value is -1.19. The Bertz CT molecular complexity index is 569. The Morgan fingerprint density at radius 1 is 0.875 bits per heavy atom. The minimum Gasteiger partial charge on any atom is -0.449 e. The molecule has 2 aromatic rings. The Labute approximate surface area is 106 Å². The molecular weight excluding hydrogens is 291 g/mol. The van der Waals surface area contributed by atoms with Crippen LogP contribution < -0.4 is 9.47 Å². The van der Waals surface area contributed by atoms with Crippen LogP contribution in [0.3, 0.4) is 0 Å². The SMILES string of the molecule is Clc1ccc2c(c1Br)Oc1ccccc1O2. The standard InChI is InChI=1S/C12H6BrClO2/c13-11-7(14)5-6-10-12(11)16-9-4-2-1-3-8(9)15-10/h1-6H. The molecule has 3 rings (SSSR count). The van der Waals surface area contributed by atoms with Gasteiger partial charge >= 0.3 is 0 Å². The molecule has 0 aromatic heterocycles. The van der Waals surface area contributed by atoms with Gasteiger partial charge in [-0.25, -0.2) is 0 Å². The zero-order chi connectivity index (χ0) is 11.1. The predicted octanol–water partition coefficient (Wildman–Crippen LogP) is 5.00. The highest BCUT2D eigenvalue weighted by Crippen LogP contribution is 2.50. The van der Waals surface area contributed by atoms with E-state index in [1.54, 1.807) is 12.1 Å². The Kier molecular flexibility index (Phi) is 2.30. The van der Waals surface area contributed by atoms with Gasteiger partial charge in [0.1, 0.15) is 0 Å². The molecule has 0 aliphatic carbocycles. The number of para-hydroxylation sites is 2. The molecule has 0 N–H and O–H groups in total. The van der Waals surface area contributed by atoms with Crippen molar-refractivity contribution in [1.82, 2.24) is 0 Å². The van der Waals surface area contributed by atoms with E-state index in [4.69, 9.17) is 21.1 Å². The lowest BCUT2D eigenvalue weighted by atomic mass is 10.2. The van der Waals surface area contributed by atoms with E-state index in [-0.39, 0.29) is 0 Å². The van der Waals surface area contributed by atoms with Crippen LogP contribution >= 0.6 is 27.5 Å². The Morgan fingerprint density at radius 3 is 2.31 bits per heavy atom. The zero-order valence-corrected chi connectivity index (χ0v) is 10.4. The fourth-order valence-corrected chi connectivity index (χ4v) is 2.09. The fourth-order valence-electron chi connectivity index (χ4n) is 1.54. The van der Waals surface area contributed by atoms with Crippen molar-refractivity contribution in [2.24, 2.45) is 0 Å². The van der Waals surface area contributed by atoms with E-state index in [2.05, 4.69) is 15.9 Å². The molecular formula is C12H6BrClO2. The second-order valence-corrected chi connectivity index (χ2v) is 4.54. The lowest BCUT2D eigenvalue weighted by Gasteiger charge is -2.21. The monoisotopic (exact) mass is 296 g/mol. The molecule has 16 heavy (non-hydrogen) atoms. The van der Waals surface area contributed by atoms with E-state index in [1.165, 1.54) is 0 Å². The van der Waals surface area contributed by atoms with Crippen molar-refractivity contribution < 1.29 is 9.47 Å². The van der Waals surface area contributed by atoms with Crippen LogP contribution in [0.5, 0.6) is 23.0 Å². The molecule has 0 amide bonds. The van der Waals surface area contributed by atoms with Crippen LogP contribution in [0.2, 0.25) is 5.02 Å². The summed E-state index contributed by atoms with van der Waals surface area (Å²) in [6.45, 7) is 0. The van der Waals surface area contributed by atoms with Crippen LogP contribution in [0.25, 0.3) is 0 Å². The molecule has 0 saturated carbocycles. The number of benzene rings is 2. The third-order valence-electron chi connectivity index (χ3n) is 2.29. The van der Waals surface area contributed by atoms with Gasteiger partial charge < -0.3 is 9.47 Å². The van der Waals surface area contributed by atoms with Crippen LogP contribution in [0.4, 0.5) is 0 Å². The second kappa shape index (κ2) is 3.68. The molecule has 2 aromatic carbocycles.